The van der Waals surface area contributed by atoms with Crippen molar-refractivity contribution >= 4 is 27.2 Å². The van der Waals surface area contributed by atoms with Gasteiger partial charge >= 0.3 is 0 Å². The number of rotatable bonds is 5. The van der Waals surface area contributed by atoms with Crippen LogP contribution in [0.15, 0.2) is 36.5 Å². The molecule has 2 aliphatic heterocycles. The van der Waals surface area contributed by atoms with Gasteiger partial charge in [-0.3, -0.25) is 0 Å². The van der Waals surface area contributed by atoms with Crippen LogP contribution in [-0.4, -0.2) is 59.2 Å². The highest BCUT2D eigenvalue weighted by Gasteiger charge is 2.26. The number of likely N-dealkylation sites (tertiary alicyclic amines) is 1. The molecule has 6 rings (SSSR count). The summed E-state index contributed by atoms with van der Waals surface area (Å²) in [6, 6.07) is 9.45. The molecule has 0 N–H and O–H groups in total. The van der Waals surface area contributed by atoms with Gasteiger partial charge in [-0.2, -0.15) is 0 Å². The maximum Gasteiger partial charge on any atom is 0.178 e. The van der Waals surface area contributed by atoms with Crippen molar-refractivity contribution in [2.45, 2.75) is 45.1 Å². The zero-order valence-corrected chi connectivity index (χ0v) is 22.7. The molecule has 2 aromatic heterocycles. The molecule has 198 valence electrons. The second kappa shape index (κ2) is 10.2. The van der Waals surface area contributed by atoms with Crippen molar-refractivity contribution in [3.8, 4) is 17.0 Å². The first kappa shape index (κ1) is 25.1. The summed E-state index contributed by atoms with van der Waals surface area (Å²) in [4.78, 5) is 18.2. The van der Waals surface area contributed by atoms with Crippen molar-refractivity contribution in [2.24, 2.45) is 0 Å². The summed E-state index contributed by atoms with van der Waals surface area (Å²) >= 11 is 1.78. The molecular weight excluding hydrogens is 504 g/mol. The largest absolute Gasteiger partial charge is 0.486 e. The van der Waals surface area contributed by atoms with Crippen molar-refractivity contribution in [1.29, 1.82) is 0 Å². The maximum absolute atomic E-state index is 15.0. The van der Waals surface area contributed by atoms with Gasteiger partial charge in [0.1, 0.15) is 18.1 Å². The van der Waals surface area contributed by atoms with Crippen LogP contribution in [0.5, 0.6) is 5.75 Å². The molecular formula is C29H31F2N5OS. The molecule has 6 nitrogen and oxygen atoms in total. The fourth-order valence-corrected chi connectivity index (χ4v) is 6.50. The lowest BCUT2D eigenvalue weighted by Gasteiger charge is -2.34. The van der Waals surface area contributed by atoms with Crippen LogP contribution in [0.25, 0.3) is 21.5 Å². The lowest BCUT2D eigenvalue weighted by atomic mass is 9.98. The molecule has 4 aromatic rings. The Morgan fingerprint density at radius 3 is 2.66 bits per heavy atom. The molecule has 1 saturated heterocycles. The third kappa shape index (κ3) is 4.85. The summed E-state index contributed by atoms with van der Waals surface area (Å²) in [5.41, 5.74) is 3.07. The minimum absolute atomic E-state index is 0.0882. The Kier molecular flexibility index (Phi) is 6.74. The Bertz CT molecular complexity index is 1480. The smallest absolute Gasteiger partial charge is 0.178 e. The normalized spacial score (nSPS) is 16.7. The maximum atomic E-state index is 15.0. The van der Waals surface area contributed by atoms with Crippen molar-refractivity contribution in [3.63, 3.8) is 0 Å². The van der Waals surface area contributed by atoms with Crippen molar-refractivity contribution in [2.75, 3.05) is 38.2 Å². The summed E-state index contributed by atoms with van der Waals surface area (Å²) < 4.78 is 36.7. The highest BCUT2D eigenvalue weighted by Crippen LogP contribution is 2.39. The van der Waals surface area contributed by atoms with E-state index >= 15 is 4.39 Å². The zero-order chi connectivity index (χ0) is 26.4. The number of nitrogens with zero attached hydrogens (tertiary/aromatic N) is 5. The topological polar surface area (TPSA) is 54.4 Å². The number of thiazole rings is 1. The fourth-order valence-electron chi connectivity index (χ4n) is 5.38. The van der Waals surface area contributed by atoms with E-state index in [0.717, 1.165) is 37.0 Å². The average molecular weight is 536 g/mol. The van der Waals surface area contributed by atoms with Gasteiger partial charge in [0, 0.05) is 23.9 Å². The van der Waals surface area contributed by atoms with E-state index in [0.29, 0.717) is 42.6 Å². The van der Waals surface area contributed by atoms with E-state index in [4.69, 9.17) is 9.72 Å². The van der Waals surface area contributed by atoms with E-state index in [1.54, 1.807) is 17.4 Å². The van der Waals surface area contributed by atoms with Gasteiger partial charge in [0.25, 0.3) is 0 Å². The quantitative estimate of drug-likeness (QED) is 0.311. The van der Waals surface area contributed by atoms with Gasteiger partial charge < -0.3 is 14.5 Å². The Labute approximate surface area is 225 Å². The Hall–Kier alpha value is -3.17. The SMILES string of the molecule is CC(C)N1CCOc2c(F)cc(-c3nc(Cc4ccc5sc(C6CCN(C)CC6)nc5c4)ncc3F)cc21. The van der Waals surface area contributed by atoms with Crippen LogP contribution >= 0.6 is 11.3 Å². The van der Waals surface area contributed by atoms with E-state index in [1.807, 2.05) is 13.8 Å². The predicted octanol–water partition coefficient (Wildman–Crippen LogP) is 6.04. The average Bonchev–Trinajstić information content (AvgIpc) is 3.33. The van der Waals surface area contributed by atoms with Gasteiger partial charge in [0.05, 0.1) is 33.7 Å². The van der Waals surface area contributed by atoms with Crippen molar-refractivity contribution < 1.29 is 13.5 Å². The van der Waals surface area contributed by atoms with Crippen LogP contribution in [-0.2, 0) is 6.42 Å². The molecule has 2 aliphatic rings. The van der Waals surface area contributed by atoms with E-state index in [9.17, 15) is 4.39 Å². The number of hydrogen-bond acceptors (Lipinski definition) is 7. The van der Waals surface area contributed by atoms with Crippen molar-refractivity contribution in [1.82, 2.24) is 19.9 Å². The lowest BCUT2D eigenvalue weighted by Crippen LogP contribution is -2.38. The number of benzene rings is 2. The highest BCUT2D eigenvalue weighted by molar-refractivity contribution is 7.18. The molecule has 0 bridgehead atoms. The van der Waals surface area contributed by atoms with Crippen LogP contribution in [0.1, 0.15) is 49.0 Å². The Morgan fingerprint density at radius 1 is 1.05 bits per heavy atom. The van der Waals surface area contributed by atoms with Crippen LogP contribution in [0.3, 0.4) is 0 Å². The first-order chi connectivity index (χ1) is 18.4. The first-order valence-electron chi connectivity index (χ1n) is 13.2. The minimum Gasteiger partial charge on any atom is -0.486 e. The molecule has 0 saturated carbocycles. The van der Waals surface area contributed by atoms with Crippen LogP contribution in [0, 0.1) is 11.6 Å². The van der Waals surface area contributed by atoms with E-state index in [2.05, 4.69) is 45.0 Å². The molecule has 0 atom stereocenters. The summed E-state index contributed by atoms with van der Waals surface area (Å²) in [7, 11) is 2.17. The van der Waals surface area contributed by atoms with Gasteiger partial charge in [0.15, 0.2) is 17.4 Å². The zero-order valence-electron chi connectivity index (χ0n) is 21.9. The summed E-state index contributed by atoms with van der Waals surface area (Å²) in [6.07, 6.45) is 3.88. The summed E-state index contributed by atoms with van der Waals surface area (Å²) in [5, 5.41) is 1.21. The molecule has 4 heterocycles. The third-order valence-electron chi connectivity index (χ3n) is 7.50. The molecule has 9 heteroatoms. The highest BCUT2D eigenvalue weighted by atomic mass is 32.1. The van der Waals surface area contributed by atoms with Gasteiger partial charge in [0.2, 0.25) is 0 Å². The third-order valence-corrected chi connectivity index (χ3v) is 8.70. The second-order valence-electron chi connectivity index (χ2n) is 10.5. The Balaban J connectivity index is 1.28. The minimum atomic E-state index is -0.585. The fraction of sp³-hybridized carbons (Fsp3) is 0.414. The number of fused-ring (bicyclic) bond motifs is 2. The number of piperidine rings is 1. The van der Waals surface area contributed by atoms with Gasteiger partial charge in [-0.1, -0.05) is 6.07 Å². The van der Waals surface area contributed by atoms with Crippen LogP contribution in [0.2, 0.25) is 0 Å². The van der Waals surface area contributed by atoms with Gasteiger partial charge in [-0.15, -0.1) is 11.3 Å². The molecule has 0 unspecified atom stereocenters. The molecule has 38 heavy (non-hydrogen) atoms. The molecule has 2 aromatic carbocycles. The number of aromatic nitrogens is 3. The Morgan fingerprint density at radius 2 is 1.87 bits per heavy atom. The molecule has 0 amide bonds. The van der Waals surface area contributed by atoms with E-state index < -0.39 is 11.6 Å². The first-order valence-corrected chi connectivity index (χ1v) is 14.0. The number of halogens is 2. The van der Waals surface area contributed by atoms with Crippen molar-refractivity contribution in [3.05, 3.63) is 64.6 Å². The molecule has 0 radical (unpaired) electrons. The molecule has 0 aliphatic carbocycles. The predicted molar refractivity (Wildman–Crippen MR) is 147 cm³/mol. The molecule has 0 spiro atoms. The van der Waals surface area contributed by atoms with E-state index in [-0.39, 0.29) is 17.5 Å². The molecule has 1 fully saturated rings. The van der Waals surface area contributed by atoms with Gasteiger partial charge in [-0.05, 0) is 76.7 Å². The number of ether oxygens (including phenoxy) is 1. The number of anilines is 1. The van der Waals surface area contributed by atoms with Crippen LogP contribution in [0.4, 0.5) is 14.5 Å². The number of hydrogen-bond donors (Lipinski definition) is 0. The standard InChI is InChI=1S/C29H31F2N5OS/c1-17(2)36-10-11-37-28-21(30)14-20(15-24(28)36)27-22(31)16-32-26(34-27)13-18-4-5-25-23(12-18)33-29(38-25)19-6-8-35(3)9-7-19/h4-5,12,14-17,19H,6-11,13H2,1-3H3. The second-order valence-corrected chi connectivity index (χ2v) is 11.6. The van der Waals surface area contributed by atoms with Crippen LogP contribution < -0.4 is 9.64 Å². The van der Waals surface area contributed by atoms with E-state index in [1.165, 1.54) is 22.0 Å². The lowest BCUT2D eigenvalue weighted by molar-refractivity contribution is 0.255. The van der Waals surface area contributed by atoms with Gasteiger partial charge in [-0.25, -0.2) is 23.7 Å². The summed E-state index contributed by atoms with van der Waals surface area (Å²) in [6.45, 7) is 7.34. The summed E-state index contributed by atoms with van der Waals surface area (Å²) in [5.74, 6) is 0.0979. The monoisotopic (exact) mass is 535 g/mol.